The Morgan fingerprint density at radius 3 is 2.73 bits per heavy atom. The number of carbonyl (C=O) groups is 1. The van der Waals surface area contributed by atoms with E-state index in [2.05, 4.69) is 14.7 Å². The summed E-state index contributed by atoms with van der Waals surface area (Å²) in [7, 11) is -1.81. The second kappa shape index (κ2) is 6.05. The molecule has 2 aromatic rings. The first-order valence-corrected chi connectivity index (χ1v) is 8.73. The van der Waals surface area contributed by atoms with E-state index in [4.69, 9.17) is 0 Å². The highest BCUT2D eigenvalue weighted by Crippen LogP contribution is 2.16. The number of aromatic nitrogens is 2. The van der Waals surface area contributed by atoms with Crippen LogP contribution in [0.15, 0.2) is 18.2 Å². The molecule has 0 fully saturated rings. The Bertz CT molecular complexity index is 798. The van der Waals surface area contributed by atoms with Gasteiger partial charge in [0, 0.05) is 7.05 Å². The van der Waals surface area contributed by atoms with Crippen LogP contribution in [0.4, 0.5) is 0 Å². The fraction of sp³-hybridized carbons (Fsp3) is 0.429. The smallest absolute Gasteiger partial charge is 0.240 e. The Hall–Kier alpha value is -1.93. The molecule has 0 saturated heterocycles. The van der Waals surface area contributed by atoms with Crippen LogP contribution >= 0.6 is 0 Å². The standard InChI is InChI=1S/C14H20N4O3S/c1-9-6-5-7-11-13(9)16-12(15-11)8-18(3)14(19)10(2)17-22(4,20)21/h5-7,10,17H,8H2,1-4H3,(H,15,16)/t10-/m1/s1. The largest absolute Gasteiger partial charge is 0.340 e. The summed E-state index contributed by atoms with van der Waals surface area (Å²) in [6.07, 6.45) is 1.03. The molecule has 2 rings (SSSR count). The Kier molecular flexibility index (Phi) is 4.52. The van der Waals surface area contributed by atoms with E-state index in [-0.39, 0.29) is 12.5 Å². The molecular formula is C14H20N4O3S. The van der Waals surface area contributed by atoms with Gasteiger partial charge in [0.15, 0.2) is 0 Å². The molecule has 1 amide bonds. The van der Waals surface area contributed by atoms with Gasteiger partial charge in [0.25, 0.3) is 0 Å². The number of para-hydroxylation sites is 1. The number of nitrogens with zero attached hydrogens (tertiary/aromatic N) is 2. The minimum atomic E-state index is -3.42. The van der Waals surface area contributed by atoms with Crippen molar-refractivity contribution >= 4 is 27.0 Å². The van der Waals surface area contributed by atoms with Gasteiger partial charge in [0.2, 0.25) is 15.9 Å². The molecule has 22 heavy (non-hydrogen) atoms. The first-order chi connectivity index (χ1) is 10.2. The normalized spacial score (nSPS) is 13.3. The van der Waals surface area contributed by atoms with Gasteiger partial charge >= 0.3 is 0 Å². The average molecular weight is 324 g/mol. The molecular weight excluding hydrogens is 304 g/mol. The van der Waals surface area contributed by atoms with Gasteiger partial charge in [-0.1, -0.05) is 12.1 Å². The van der Waals surface area contributed by atoms with Gasteiger partial charge in [-0.2, -0.15) is 0 Å². The number of amides is 1. The topological polar surface area (TPSA) is 95.2 Å². The van der Waals surface area contributed by atoms with E-state index in [0.717, 1.165) is 22.9 Å². The van der Waals surface area contributed by atoms with Crippen LogP contribution in [0.1, 0.15) is 18.3 Å². The number of imidazole rings is 1. The number of rotatable bonds is 5. The van der Waals surface area contributed by atoms with Crippen molar-refractivity contribution in [2.75, 3.05) is 13.3 Å². The number of nitrogens with one attached hydrogen (secondary N) is 2. The number of hydrogen-bond acceptors (Lipinski definition) is 4. The highest BCUT2D eigenvalue weighted by Gasteiger charge is 2.21. The maximum Gasteiger partial charge on any atom is 0.240 e. The van der Waals surface area contributed by atoms with E-state index in [1.165, 1.54) is 11.8 Å². The van der Waals surface area contributed by atoms with Gasteiger partial charge in [0.05, 0.1) is 29.9 Å². The van der Waals surface area contributed by atoms with Crippen molar-refractivity contribution in [3.63, 3.8) is 0 Å². The van der Waals surface area contributed by atoms with Gasteiger partial charge in [-0.05, 0) is 25.5 Å². The maximum atomic E-state index is 12.2. The second-order valence-electron chi connectivity index (χ2n) is 5.46. The van der Waals surface area contributed by atoms with Crippen LogP contribution in [0.2, 0.25) is 0 Å². The molecule has 0 bridgehead atoms. The quantitative estimate of drug-likeness (QED) is 0.849. The zero-order valence-electron chi connectivity index (χ0n) is 13.0. The third-order valence-electron chi connectivity index (χ3n) is 3.29. The van der Waals surface area contributed by atoms with Crippen molar-refractivity contribution < 1.29 is 13.2 Å². The Labute approximate surface area is 129 Å². The molecule has 0 aliphatic carbocycles. The first kappa shape index (κ1) is 16.4. The van der Waals surface area contributed by atoms with Crippen molar-refractivity contribution in [2.24, 2.45) is 0 Å². The monoisotopic (exact) mass is 324 g/mol. The molecule has 1 aromatic carbocycles. The van der Waals surface area contributed by atoms with Crippen LogP contribution in [-0.2, 0) is 21.4 Å². The van der Waals surface area contributed by atoms with Gasteiger partial charge in [0.1, 0.15) is 5.82 Å². The highest BCUT2D eigenvalue weighted by atomic mass is 32.2. The molecule has 0 aliphatic rings. The van der Waals surface area contributed by atoms with Gasteiger partial charge in [-0.3, -0.25) is 4.79 Å². The van der Waals surface area contributed by atoms with E-state index >= 15 is 0 Å². The predicted molar refractivity (Wildman–Crippen MR) is 84.7 cm³/mol. The van der Waals surface area contributed by atoms with Crippen LogP contribution in [0.5, 0.6) is 0 Å². The van der Waals surface area contributed by atoms with Crippen molar-refractivity contribution in [1.82, 2.24) is 19.6 Å². The van der Waals surface area contributed by atoms with Crippen molar-refractivity contribution in [2.45, 2.75) is 26.4 Å². The summed E-state index contributed by atoms with van der Waals surface area (Å²) < 4.78 is 24.6. The number of aromatic amines is 1. The summed E-state index contributed by atoms with van der Waals surface area (Å²) in [6, 6.07) is 5.02. The van der Waals surface area contributed by atoms with Crippen LogP contribution in [0.3, 0.4) is 0 Å². The molecule has 8 heteroatoms. The van der Waals surface area contributed by atoms with Crippen molar-refractivity contribution in [3.8, 4) is 0 Å². The van der Waals surface area contributed by atoms with Gasteiger partial charge in [-0.15, -0.1) is 0 Å². The molecule has 0 aliphatic heterocycles. The summed E-state index contributed by atoms with van der Waals surface area (Å²) >= 11 is 0. The minimum absolute atomic E-state index is 0.280. The number of aryl methyl sites for hydroxylation is 1. The molecule has 2 N–H and O–H groups in total. The fourth-order valence-corrected chi connectivity index (χ4v) is 3.05. The number of fused-ring (bicyclic) bond motifs is 1. The lowest BCUT2D eigenvalue weighted by Crippen LogP contribution is -2.44. The van der Waals surface area contributed by atoms with Crippen LogP contribution in [0.25, 0.3) is 11.0 Å². The summed E-state index contributed by atoms with van der Waals surface area (Å²) in [5, 5.41) is 0. The number of hydrogen-bond donors (Lipinski definition) is 2. The van der Waals surface area contributed by atoms with E-state index < -0.39 is 16.1 Å². The lowest BCUT2D eigenvalue weighted by atomic mass is 10.2. The molecule has 1 aromatic heterocycles. The van der Waals surface area contributed by atoms with Crippen LogP contribution < -0.4 is 4.72 Å². The molecule has 1 atom stereocenters. The van der Waals surface area contributed by atoms with E-state index in [9.17, 15) is 13.2 Å². The average Bonchev–Trinajstić information content (AvgIpc) is 2.79. The zero-order valence-corrected chi connectivity index (χ0v) is 13.9. The highest BCUT2D eigenvalue weighted by molar-refractivity contribution is 7.88. The minimum Gasteiger partial charge on any atom is -0.340 e. The molecule has 1 heterocycles. The Morgan fingerprint density at radius 1 is 1.45 bits per heavy atom. The second-order valence-corrected chi connectivity index (χ2v) is 7.24. The fourth-order valence-electron chi connectivity index (χ4n) is 2.31. The number of H-pyrrole nitrogens is 1. The first-order valence-electron chi connectivity index (χ1n) is 6.84. The number of carbonyl (C=O) groups excluding carboxylic acids is 1. The van der Waals surface area contributed by atoms with E-state index in [0.29, 0.717) is 5.82 Å². The number of likely N-dealkylation sites (N-methyl/N-ethyl adjacent to an activating group) is 1. The van der Waals surface area contributed by atoms with E-state index in [1.54, 1.807) is 7.05 Å². The maximum absolute atomic E-state index is 12.2. The molecule has 0 saturated carbocycles. The molecule has 0 unspecified atom stereocenters. The molecule has 0 radical (unpaired) electrons. The van der Waals surface area contributed by atoms with Gasteiger partial charge < -0.3 is 9.88 Å². The number of benzene rings is 1. The summed E-state index contributed by atoms with van der Waals surface area (Å²) in [6.45, 7) is 3.77. The molecule has 7 nitrogen and oxygen atoms in total. The van der Waals surface area contributed by atoms with Crippen LogP contribution in [0, 0.1) is 6.92 Å². The number of sulfonamides is 1. The molecule has 0 spiro atoms. The molecule has 120 valence electrons. The van der Waals surface area contributed by atoms with Crippen molar-refractivity contribution in [3.05, 3.63) is 29.6 Å². The lowest BCUT2D eigenvalue weighted by Gasteiger charge is -2.20. The third-order valence-corrected chi connectivity index (χ3v) is 4.07. The Morgan fingerprint density at radius 2 is 2.14 bits per heavy atom. The van der Waals surface area contributed by atoms with Crippen molar-refractivity contribution in [1.29, 1.82) is 0 Å². The third kappa shape index (κ3) is 3.83. The summed E-state index contributed by atoms with van der Waals surface area (Å²) in [5.74, 6) is 0.342. The predicted octanol–water partition coefficient (Wildman–Crippen LogP) is 0.767. The van der Waals surface area contributed by atoms with Crippen LogP contribution in [-0.4, -0.2) is 48.5 Å². The lowest BCUT2D eigenvalue weighted by molar-refractivity contribution is -0.131. The SMILES string of the molecule is Cc1cccc2[nH]c(CN(C)C(=O)[C@@H](C)NS(C)(=O)=O)nc12. The summed E-state index contributed by atoms with van der Waals surface area (Å²) in [4.78, 5) is 21.3. The van der Waals surface area contributed by atoms with Gasteiger partial charge in [-0.25, -0.2) is 18.1 Å². The summed E-state index contributed by atoms with van der Waals surface area (Å²) in [5.41, 5.74) is 2.85. The van der Waals surface area contributed by atoms with E-state index in [1.807, 2.05) is 25.1 Å². The zero-order chi connectivity index (χ0) is 16.5. The Balaban J connectivity index is 2.11.